The van der Waals surface area contributed by atoms with Crippen LogP contribution in [0, 0.1) is 0 Å². The third-order valence-electron chi connectivity index (χ3n) is 7.14. The van der Waals surface area contributed by atoms with Gasteiger partial charge in [-0.1, -0.05) is 11.3 Å². The first-order chi connectivity index (χ1) is 16.8. The summed E-state index contributed by atoms with van der Waals surface area (Å²) in [6, 6.07) is 4.44. The molecule has 1 spiro atoms. The van der Waals surface area contributed by atoms with Crippen LogP contribution in [0.4, 0.5) is 0 Å². The lowest BCUT2D eigenvalue weighted by molar-refractivity contribution is -0.141. The van der Waals surface area contributed by atoms with Crippen LogP contribution in [0.3, 0.4) is 0 Å². The van der Waals surface area contributed by atoms with Gasteiger partial charge in [0.05, 0.1) is 31.6 Å². The van der Waals surface area contributed by atoms with Crippen LogP contribution < -0.4 is 5.32 Å². The molecule has 5 heterocycles. The van der Waals surface area contributed by atoms with E-state index in [2.05, 4.69) is 15.6 Å². The minimum atomic E-state index is -1.05. The monoisotopic (exact) mass is 482 g/mol. The number of aromatic nitrogens is 3. The second-order valence-corrected chi connectivity index (χ2v) is 9.34. The molecule has 1 aromatic carbocycles. The molecule has 3 N–H and O–H groups in total. The standard InChI is InChI=1S/C22H22N6O7/c29-16-8-35-22(18(16)31)9-26(10-22)21(34)14-7-28(25-24-14)12-2-1-11-6-27(20(33)13(11)5-12)15-3-4-17(30)23-19(15)32/h1-2,5,7,15-16,18,29,31H,3-4,6,8-10H2,(H,23,30,32)/t15?,16-,18-/m1/s1. The lowest BCUT2D eigenvalue weighted by Gasteiger charge is -2.48. The van der Waals surface area contributed by atoms with Crippen LogP contribution in [-0.2, 0) is 20.9 Å². The van der Waals surface area contributed by atoms with Crippen molar-refractivity contribution in [2.24, 2.45) is 0 Å². The number of nitrogens with zero attached hydrogens (tertiary/aromatic N) is 5. The number of nitrogens with one attached hydrogen (secondary N) is 1. The highest BCUT2D eigenvalue weighted by molar-refractivity contribution is 6.05. The Balaban J connectivity index is 1.16. The number of carbonyl (C=O) groups excluding carboxylic acids is 4. The van der Waals surface area contributed by atoms with E-state index < -0.39 is 29.8 Å². The van der Waals surface area contributed by atoms with Crippen molar-refractivity contribution in [2.45, 2.75) is 43.2 Å². The third-order valence-corrected chi connectivity index (χ3v) is 7.14. The molecule has 3 fully saturated rings. The second kappa shape index (κ2) is 7.66. The van der Waals surface area contributed by atoms with E-state index >= 15 is 0 Å². The van der Waals surface area contributed by atoms with Crippen molar-refractivity contribution in [1.82, 2.24) is 30.1 Å². The maximum atomic E-state index is 13.0. The Hall–Kier alpha value is -3.68. The number of benzene rings is 1. The second-order valence-electron chi connectivity index (χ2n) is 9.34. The highest BCUT2D eigenvalue weighted by Crippen LogP contribution is 2.36. The van der Waals surface area contributed by atoms with Crippen LogP contribution >= 0.6 is 0 Å². The average molecular weight is 482 g/mol. The molecule has 13 heteroatoms. The molecule has 3 saturated heterocycles. The quantitative estimate of drug-likeness (QED) is 0.418. The Morgan fingerprint density at radius 1 is 1.20 bits per heavy atom. The summed E-state index contributed by atoms with van der Waals surface area (Å²) in [5, 5.41) is 30.1. The number of ether oxygens (including phenoxy) is 1. The fourth-order valence-corrected chi connectivity index (χ4v) is 5.14. The number of hydrogen-bond donors (Lipinski definition) is 3. The van der Waals surface area contributed by atoms with Gasteiger partial charge in [-0.3, -0.25) is 24.5 Å². The van der Waals surface area contributed by atoms with E-state index in [9.17, 15) is 29.4 Å². The van der Waals surface area contributed by atoms with E-state index in [4.69, 9.17) is 4.74 Å². The Labute approximate surface area is 198 Å². The van der Waals surface area contributed by atoms with Gasteiger partial charge in [0.1, 0.15) is 23.9 Å². The van der Waals surface area contributed by atoms with Crippen LogP contribution in [0.15, 0.2) is 24.4 Å². The van der Waals surface area contributed by atoms with E-state index in [1.54, 1.807) is 18.2 Å². The zero-order valence-corrected chi connectivity index (χ0v) is 18.5. The Bertz CT molecular complexity index is 1270. The zero-order chi connectivity index (χ0) is 24.5. The molecule has 2 aromatic rings. The van der Waals surface area contributed by atoms with E-state index in [0.717, 1.165) is 5.56 Å². The Morgan fingerprint density at radius 3 is 2.71 bits per heavy atom. The van der Waals surface area contributed by atoms with Crippen molar-refractivity contribution in [2.75, 3.05) is 19.7 Å². The molecule has 1 unspecified atom stereocenters. The largest absolute Gasteiger partial charge is 0.388 e. The summed E-state index contributed by atoms with van der Waals surface area (Å²) in [5.41, 5.74) is 0.838. The van der Waals surface area contributed by atoms with E-state index in [-0.39, 0.29) is 62.5 Å². The molecule has 3 atom stereocenters. The number of imide groups is 1. The Morgan fingerprint density at radius 2 is 2.00 bits per heavy atom. The van der Waals surface area contributed by atoms with E-state index in [1.807, 2.05) is 0 Å². The smallest absolute Gasteiger partial charge is 0.276 e. The number of likely N-dealkylation sites (tertiary alicyclic amines) is 1. The number of amides is 4. The number of hydrogen-bond acceptors (Lipinski definition) is 9. The fourth-order valence-electron chi connectivity index (χ4n) is 5.14. The van der Waals surface area contributed by atoms with E-state index in [0.29, 0.717) is 11.3 Å². The van der Waals surface area contributed by atoms with Gasteiger partial charge in [-0.05, 0) is 24.1 Å². The van der Waals surface area contributed by atoms with Gasteiger partial charge in [0.15, 0.2) is 5.69 Å². The molecular formula is C22H22N6O7. The SMILES string of the molecule is O=C1CCC(N2Cc3ccc(-n4cc(C(=O)N5CC6(C5)OC[C@@H](O)[C@H]6O)nn4)cc3C2=O)C(=O)N1. The summed E-state index contributed by atoms with van der Waals surface area (Å²) in [4.78, 5) is 52.4. The predicted molar refractivity (Wildman–Crippen MR) is 114 cm³/mol. The minimum Gasteiger partial charge on any atom is -0.388 e. The van der Waals surface area contributed by atoms with Crippen LogP contribution in [0.1, 0.15) is 39.3 Å². The molecule has 35 heavy (non-hydrogen) atoms. The lowest BCUT2D eigenvalue weighted by atomic mass is 9.87. The van der Waals surface area contributed by atoms with Crippen molar-refractivity contribution < 1.29 is 34.1 Å². The highest BCUT2D eigenvalue weighted by Gasteiger charge is 2.58. The van der Waals surface area contributed by atoms with Crippen molar-refractivity contribution in [3.05, 3.63) is 41.2 Å². The van der Waals surface area contributed by atoms with Crippen LogP contribution in [0.2, 0.25) is 0 Å². The summed E-state index contributed by atoms with van der Waals surface area (Å²) in [5.74, 6) is -1.51. The molecule has 4 amide bonds. The molecule has 4 aliphatic rings. The van der Waals surface area contributed by atoms with Crippen molar-refractivity contribution >= 4 is 23.6 Å². The topological polar surface area (TPSA) is 167 Å². The predicted octanol–water partition coefficient (Wildman–Crippen LogP) is -2.03. The van der Waals surface area contributed by atoms with Crippen molar-refractivity contribution in [1.29, 1.82) is 0 Å². The van der Waals surface area contributed by atoms with Gasteiger partial charge < -0.3 is 24.7 Å². The molecule has 4 aliphatic heterocycles. The maximum Gasteiger partial charge on any atom is 0.276 e. The van der Waals surface area contributed by atoms with Crippen molar-refractivity contribution in [3.63, 3.8) is 0 Å². The number of carbonyl (C=O) groups is 4. The summed E-state index contributed by atoms with van der Waals surface area (Å²) in [6.45, 7) is 0.569. The number of rotatable bonds is 3. The molecule has 6 rings (SSSR count). The minimum absolute atomic E-state index is 0.0252. The van der Waals surface area contributed by atoms with Gasteiger partial charge in [-0.2, -0.15) is 0 Å². The van der Waals surface area contributed by atoms with Gasteiger partial charge in [-0.25, -0.2) is 4.68 Å². The third kappa shape index (κ3) is 3.34. The number of aliphatic hydroxyl groups is 2. The highest BCUT2D eigenvalue weighted by atomic mass is 16.5. The number of fused-ring (bicyclic) bond motifs is 1. The fraction of sp³-hybridized carbons (Fsp3) is 0.455. The number of aliphatic hydroxyl groups excluding tert-OH is 2. The van der Waals surface area contributed by atoms with Crippen LogP contribution in [0.5, 0.6) is 0 Å². The molecular weight excluding hydrogens is 460 g/mol. The molecule has 0 aliphatic carbocycles. The average Bonchev–Trinajstić information content (AvgIpc) is 3.50. The zero-order valence-electron chi connectivity index (χ0n) is 18.5. The van der Waals surface area contributed by atoms with Gasteiger partial charge in [0.2, 0.25) is 11.8 Å². The van der Waals surface area contributed by atoms with Crippen LogP contribution in [-0.4, -0.2) is 102 Å². The molecule has 1 aromatic heterocycles. The molecule has 0 bridgehead atoms. The molecule has 0 radical (unpaired) electrons. The summed E-state index contributed by atoms with van der Waals surface area (Å²) >= 11 is 0. The normalized spacial score (nSPS) is 27.3. The van der Waals surface area contributed by atoms with Gasteiger partial charge in [0.25, 0.3) is 11.8 Å². The first-order valence-electron chi connectivity index (χ1n) is 11.3. The van der Waals surface area contributed by atoms with Gasteiger partial charge in [-0.15, -0.1) is 5.10 Å². The van der Waals surface area contributed by atoms with Gasteiger partial charge in [0, 0.05) is 18.5 Å². The summed E-state index contributed by atoms with van der Waals surface area (Å²) in [6.07, 6.45) is -0.105. The van der Waals surface area contributed by atoms with Crippen molar-refractivity contribution in [3.8, 4) is 5.69 Å². The van der Waals surface area contributed by atoms with E-state index in [1.165, 1.54) is 20.7 Å². The van der Waals surface area contributed by atoms with Crippen LogP contribution in [0.25, 0.3) is 5.69 Å². The molecule has 0 saturated carbocycles. The first-order valence-corrected chi connectivity index (χ1v) is 11.3. The maximum absolute atomic E-state index is 13.0. The summed E-state index contributed by atoms with van der Waals surface area (Å²) in [7, 11) is 0. The van der Waals surface area contributed by atoms with Gasteiger partial charge >= 0.3 is 0 Å². The first kappa shape index (κ1) is 21.8. The molecule has 13 nitrogen and oxygen atoms in total. The molecule has 182 valence electrons. The lowest BCUT2D eigenvalue weighted by Crippen LogP contribution is -2.68. The Kier molecular flexibility index (Phi) is 4.78. The number of piperidine rings is 1. The summed E-state index contributed by atoms with van der Waals surface area (Å²) < 4.78 is 6.88.